The summed E-state index contributed by atoms with van der Waals surface area (Å²) >= 11 is 0. The second-order valence-electron chi connectivity index (χ2n) is 6.23. The van der Waals surface area contributed by atoms with E-state index in [1.165, 1.54) is 13.1 Å². The van der Waals surface area contributed by atoms with Gasteiger partial charge in [0.05, 0.1) is 4.90 Å². The number of hydrogen-bond donors (Lipinski definition) is 1. The number of hydrogen-bond acceptors (Lipinski definition) is 4. The third kappa shape index (κ3) is 3.57. The third-order valence-electron chi connectivity index (χ3n) is 4.52. The van der Waals surface area contributed by atoms with E-state index >= 15 is 0 Å². The first kappa shape index (κ1) is 17.9. The van der Waals surface area contributed by atoms with Crippen molar-refractivity contribution < 1.29 is 13.2 Å². The minimum absolute atomic E-state index is 0.104. The van der Waals surface area contributed by atoms with Crippen molar-refractivity contribution in [2.75, 3.05) is 33.7 Å². The Kier molecular flexibility index (Phi) is 5.13. The second kappa shape index (κ2) is 6.59. The number of carbonyl (C=O) groups is 1. The van der Waals surface area contributed by atoms with Gasteiger partial charge in [-0.15, -0.1) is 0 Å². The maximum Gasteiger partial charge on any atom is 0.254 e. The van der Waals surface area contributed by atoms with Crippen molar-refractivity contribution in [3.63, 3.8) is 0 Å². The minimum Gasteiger partial charge on any atom is -0.333 e. The van der Waals surface area contributed by atoms with Crippen LogP contribution in [-0.2, 0) is 10.0 Å². The zero-order valence-corrected chi connectivity index (χ0v) is 15.2. The zero-order valence-electron chi connectivity index (χ0n) is 14.4. The van der Waals surface area contributed by atoms with E-state index in [1.807, 2.05) is 25.8 Å². The molecule has 23 heavy (non-hydrogen) atoms. The Labute approximate surface area is 138 Å². The van der Waals surface area contributed by atoms with Crippen LogP contribution in [0.15, 0.2) is 17.0 Å². The van der Waals surface area contributed by atoms with Crippen LogP contribution in [0.5, 0.6) is 0 Å². The molecule has 1 aliphatic rings. The number of nitrogens with one attached hydrogen (secondary N) is 1. The third-order valence-corrected chi connectivity index (χ3v) is 6.06. The van der Waals surface area contributed by atoms with E-state index in [-0.39, 0.29) is 16.8 Å². The molecule has 1 atom stereocenters. The van der Waals surface area contributed by atoms with E-state index < -0.39 is 10.0 Å². The first-order valence-corrected chi connectivity index (χ1v) is 9.20. The quantitative estimate of drug-likeness (QED) is 0.891. The first-order chi connectivity index (χ1) is 10.7. The number of sulfonamides is 1. The van der Waals surface area contributed by atoms with Gasteiger partial charge >= 0.3 is 0 Å². The zero-order chi connectivity index (χ0) is 17.4. The van der Waals surface area contributed by atoms with E-state index in [4.69, 9.17) is 0 Å². The largest absolute Gasteiger partial charge is 0.333 e. The van der Waals surface area contributed by atoms with Gasteiger partial charge in [-0.05, 0) is 58.1 Å². The van der Waals surface area contributed by atoms with E-state index in [0.29, 0.717) is 17.7 Å². The van der Waals surface area contributed by atoms with Crippen LogP contribution in [0.3, 0.4) is 0 Å². The van der Waals surface area contributed by atoms with Crippen LogP contribution in [0.4, 0.5) is 0 Å². The molecule has 0 spiro atoms. The summed E-state index contributed by atoms with van der Waals surface area (Å²) < 4.78 is 26.7. The fourth-order valence-electron chi connectivity index (χ4n) is 2.95. The predicted octanol–water partition coefficient (Wildman–Crippen LogP) is 0.988. The highest BCUT2D eigenvalue weighted by molar-refractivity contribution is 7.89. The van der Waals surface area contributed by atoms with Gasteiger partial charge in [0.2, 0.25) is 10.0 Å². The van der Waals surface area contributed by atoms with Crippen LogP contribution < -0.4 is 4.72 Å². The average molecular weight is 339 g/mol. The van der Waals surface area contributed by atoms with Gasteiger partial charge in [0.1, 0.15) is 0 Å². The topological polar surface area (TPSA) is 69.7 Å². The number of piperazine rings is 1. The number of rotatable bonds is 3. The maximum absolute atomic E-state index is 12.8. The van der Waals surface area contributed by atoms with Crippen molar-refractivity contribution >= 4 is 15.9 Å². The van der Waals surface area contributed by atoms with E-state index in [0.717, 1.165) is 18.7 Å². The molecule has 1 aromatic carbocycles. The summed E-state index contributed by atoms with van der Waals surface area (Å²) in [5.41, 5.74) is 1.90. The van der Waals surface area contributed by atoms with Crippen molar-refractivity contribution in [3.8, 4) is 0 Å². The highest BCUT2D eigenvalue weighted by Gasteiger charge is 2.28. The molecular weight excluding hydrogens is 314 g/mol. The fourth-order valence-corrected chi connectivity index (χ4v) is 4.01. The number of likely N-dealkylation sites (N-methyl/N-ethyl adjacent to an activating group) is 1. The lowest BCUT2D eigenvalue weighted by Crippen LogP contribution is -2.52. The molecule has 0 saturated carbocycles. The molecule has 7 heteroatoms. The maximum atomic E-state index is 12.8. The Morgan fingerprint density at radius 3 is 2.48 bits per heavy atom. The summed E-state index contributed by atoms with van der Waals surface area (Å²) in [6, 6.07) is 3.37. The monoisotopic (exact) mass is 339 g/mol. The van der Waals surface area contributed by atoms with Gasteiger partial charge in [-0.25, -0.2) is 13.1 Å². The number of aryl methyl sites for hydroxylation is 1. The SMILES string of the molecule is CNS(=O)(=O)c1cc(C(=O)N2CCN(C)C[C@@H]2C)cc(C)c1C. The molecular formula is C16H25N3O3S. The molecule has 1 saturated heterocycles. The molecule has 0 unspecified atom stereocenters. The normalized spacial score (nSPS) is 19.9. The fraction of sp³-hybridized carbons (Fsp3) is 0.562. The molecule has 1 heterocycles. The summed E-state index contributed by atoms with van der Waals surface area (Å²) in [5, 5.41) is 0. The molecule has 0 aliphatic carbocycles. The molecule has 0 bridgehead atoms. The van der Waals surface area contributed by atoms with Gasteiger partial charge in [-0.1, -0.05) is 0 Å². The van der Waals surface area contributed by atoms with Crippen molar-refractivity contribution in [1.29, 1.82) is 0 Å². The second-order valence-corrected chi connectivity index (χ2v) is 8.09. The molecule has 2 rings (SSSR count). The number of carbonyl (C=O) groups excluding carboxylic acids is 1. The lowest BCUT2D eigenvalue weighted by atomic mass is 10.0. The average Bonchev–Trinajstić information content (AvgIpc) is 2.49. The summed E-state index contributed by atoms with van der Waals surface area (Å²) in [6.45, 7) is 7.89. The van der Waals surface area contributed by atoms with E-state index in [1.54, 1.807) is 13.0 Å². The molecule has 1 aliphatic heterocycles. The highest BCUT2D eigenvalue weighted by Crippen LogP contribution is 2.23. The number of nitrogens with zero attached hydrogens (tertiary/aromatic N) is 2. The van der Waals surface area contributed by atoms with Crippen LogP contribution in [0.1, 0.15) is 28.4 Å². The van der Waals surface area contributed by atoms with Crippen molar-refractivity contribution in [2.24, 2.45) is 0 Å². The van der Waals surface area contributed by atoms with Gasteiger partial charge in [-0.3, -0.25) is 4.79 Å². The van der Waals surface area contributed by atoms with Crippen LogP contribution in [-0.4, -0.2) is 63.9 Å². The van der Waals surface area contributed by atoms with Crippen molar-refractivity contribution in [2.45, 2.75) is 31.7 Å². The van der Waals surface area contributed by atoms with Gasteiger partial charge in [0.15, 0.2) is 0 Å². The summed E-state index contributed by atoms with van der Waals surface area (Å²) in [7, 11) is -0.180. The van der Waals surface area contributed by atoms with E-state index in [2.05, 4.69) is 9.62 Å². The van der Waals surface area contributed by atoms with Crippen LogP contribution in [0.25, 0.3) is 0 Å². The Balaban J connectivity index is 2.42. The van der Waals surface area contributed by atoms with E-state index in [9.17, 15) is 13.2 Å². The molecule has 0 aromatic heterocycles. The van der Waals surface area contributed by atoms with Crippen molar-refractivity contribution in [3.05, 3.63) is 28.8 Å². The summed E-state index contributed by atoms with van der Waals surface area (Å²) in [5.74, 6) is -0.110. The van der Waals surface area contributed by atoms with Crippen LogP contribution >= 0.6 is 0 Å². The Bertz CT molecular complexity index is 716. The van der Waals surface area contributed by atoms with Crippen LogP contribution in [0, 0.1) is 13.8 Å². The standard InChI is InChI=1S/C16H25N3O3S/c1-11-8-14(9-15(13(11)3)23(21,22)17-4)16(20)19-7-6-18(5)10-12(19)2/h8-9,12,17H,6-7,10H2,1-5H3/t12-/m0/s1. The minimum atomic E-state index is -3.59. The molecule has 128 valence electrons. The first-order valence-electron chi connectivity index (χ1n) is 7.71. The molecule has 6 nitrogen and oxygen atoms in total. The molecule has 1 amide bonds. The number of amides is 1. The van der Waals surface area contributed by atoms with Gasteiger partial charge in [-0.2, -0.15) is 0 Å². The Morgan fingerprint density at radius 2 is 1.91 bits per heavy atom. The summed E-state index contributed by atoms with van der Waals surface area (Å²) in [4.78, 5) is 17.0. The van der Waals surface area contributed by atoms with Gasteiger partial charge in [0.25, 0.3) is 5.91 Å². The van der Waals surface area contributed by atoms with Crippen molar-refractivity contribution in [1.82, 2.24) is 14.5 Å². The predicted molar refractivity (Wildman–Crippen MR) is 90.2 cm³/mol. The molecule has 1 N–H and O–H groups in total. The molecule has 1 fully saturated rings. The van der Waals surface area contributed by atoms with Gasteiger partial charge < -0.3 is 9.80 Å². The van der Waals surface area contributed by atoms with Gasteiger partial charge in [0, 0.05) is 31.2 Å². The Morgan fingerprint density at radius 1 is 1.26 bits per heavy atom. The molecule has 1 aromatic rings. The van der Waals surface area contributed by atoms with Crippen LogP contribution in [0.2, 0.25) is 0 Å². The summed E-state index contributed by atoms with van der Waals surface area (Å²) in [6.07, 6.45) is 0. The lowest BCUT2D eigenvalue weighted by molar-refractivity contribution is 0.0533. The molecule has 0 radical (unpaired) electrons. The number of benzene rings is 1. The lowest BCUT2D eigenvalue weighted by Gasteiger charge is -2.38. The smallest absolute Gasteiger partial charge is 0.254 e. The Hall–Kier alpha value is -1.44. The highest BCUT2D eigenvalue weighted by atomic mass is 32.2.